The van der Waals surface area contributed by atoms with Crippen LogP contribution in [0.5, 0.6) is 0 Å². The third-order valence-corrected chi connectivity index (χ3v) is 7.14. The van der Waals surface area contributed by atoms with E-state index in [0.29, 0.717) is 28.0 Å². The molecule has 0 aliphatic carbocycles. The van der Waals surface area contributed by atoms with Crippen molar-refractivity contribution >= 4 is 50.9 Å². The second-order valence-corrected chi connectivity index (χ2v) is 9.36. The van der Waals surface area contributed by atoms with Gasteiger partial charge in [-0.05, 0) is 24.3 Å². The summed E-state index contributed by atoms with van der Waals surface area (Å²) in [6.07, 6.45) is -11.0. The topological polar surface area (TPSA) is 70.5 Å². The van der Waals surface area contributed by atoms with E-state index in [1.165, 1.54) is 4.90 Å². The summed E-state index contributed by atoms with van der Waals surface area (Å²) in [5, 5.41) is 8.13. The Morgan fingerprint density at radius 3 is 2.39 bits per heavy atom. The molecule has 1 unspecified atom stereocenters. The van der Waals surface area contributed by atoms with Gasteiger partial charge < -0.3 is 10.0 Å². The maximum atomic E-state index is 13.6. The molecule has 1 N–H and O–H groups in total. The molecule has 1 aliphatic rings. The number of halogens is 6. The first kappa shape index (κ1) is 23.4. The van der Waals surface area contributed by atoms with Gasteiger partial charge in [0.1, 0.15) is 5.01 Å². The summed E-state index contributed by atoms with van der Waals surface area (Å²) >= 11 is 1.48. The average Bonchev–Trinajstić information content (AvgIpc) is 3.11. The van der Waals surface area contributed by atoms with Gasteiger partial charge in [-0.3, -0.25) is 9.59 Å². The number of thioether (sulfide) groups is 1. The molecule has 2 aromatic carbocycles. The molecule has 33 heavy (non-hydrogen) atoms. The minimum atomic E-state index is -5.27. The first-order valence-electron chi connectivity index (χ1n) is 9.22. The number of aromatic nitrogens is 1. The lowest BCUT2D eigenvalue weighted by atomic mass is 10.1. The molecule has 3 aromatic rings. The first-order chi connectivity index (χ1) is 15.4. The number of thiazole rings is 1. The van der Waals surface area contributed by atoms with E-state index in [1.807, 2.05) is 0 Å². The maximum absolute atomic E-state index is 13.6. The molecule has 0 saturated carbocycles. The summed E-state index contributed by atoms with van der Waals surface area (Å²) in [4.78, 5) is 29.9. The van der Waals surface area contributed by atoms with Crippen molar-refractivity contribution < 1.29 is 41.0 Å². The minimum Gasteiger partial charge on any atom is -0.481 e. The fourth-order valence-electron chi connectivity index (χ4n) is 3.49. The standard InChI is InChI=1S/C20H12F6N2O3S2/c21-19(22,23)9-5-6-10-17(16(9)20(24,25)26)33-14(27-10)8-28-11-3-1-2-4-12(11)32-13(18(28)31)7-15(29)30/h1-6,13H,7-8H2,(H,29,30). The maximum Gasteiger partial charge on any atom is 0.418 e. The summed E-state index contributed by atoms with van der Waals surface area (Å²) in [6.45, 7) is -0.315. The van der Waals surface area contributed by atoms with Crippen LogP contribution < -0.4 is 4.90 Å². The third kappa shape index (κ3) is 4.51. The number of amides is 1. The smallest absolute Gasteiger partial charge is 0.418 e. The lowest BCUT2D eigenvalue weighted by molar-refractivity contribution is -0.161. The van der Waals surface area contributed by atoms with Crippen molar-refractivity contribution in [2.24, 2.45) is 0 Å². The van der Waals surface area contributed by atoms with Gasteiger partial charge in [0.05, 0.1) is 45.2 Å². The second kappa shape index (κ2) is 8.20. The average molecular weight is 506 g/mol. The number of nitrogens with zero attached hydrogens (tertiary/aromatic N) is 2. The number of alkyl halides is 6. The number of aliphatic carboxylic acids is 1. The summed E-state index contributed by atoms with van der Waals surface area (Å²) in [7, 11) is 0. The molecule has 0 bridgehead atoms. The predicted molar refractivity (Wildman–Crippen MR) is 109 cm³/mol. The Labute approximate surface area is 190 Å². The first-order valence-corrected chi connectivity index (χ1v) is 10.9. The van der Waals surface area contributed by atoms with Crippen molar-refractivity contribution in [3.63, 3.8) is 0 Å². The number of para-hydroxylation sites is 1. The number of rotatable bonds is 4. The number of hydrogen-bond donors (Lipinski definition) is 1. The number of carboxylic acid groups (broad SMARTS) is 1. The zero-order chi connectivity index (χ0) is 24.1. The molecule has 1 amide bonds. The molecule has 0 spiro atoms. The van der Waals surface area contributed by atoms with Crippen molar-refractivity contribution in [1.82, 2.24) is 4.98 Å². The molecule has 0 fully saturated rings. The summed E-state index contributed by atoms with van der Waals surface area (Å²) in [5.41, 5.74) is -3.49. The van der Waals surface area contributed by atoms with Crippen molar-refractivity contribution in [3.05, 3.63) is 52.5 Å². The van der Waals surface area contributed by atoms with Crippen LogP contribution in [0, 0.1) is 0 Å². The van der Waals surface area contributed by atoms with Crippen molar-refractivity contribution in [2.45, 2.75) is 35.5 Å². The quantitative estimate of drug-likeness (QED) is 0.452. The lowest BCUT2D eigenvalue weighted by Gasteiger charge is -2.32. The predicted octanol–water partition coefficient (Wildman–Crippen LogP) is 5.82. The number of carbonyl (C=O) groups excluding carboxylic acids is 1. The fraction of sp³-hybridized carbons (Fsp3) is 0.250. The van der Waals surface area contributed by atoms with Gasteiger partial charge in [-0.25, -0.2) is 4.98 Å². The van der Waals surface area contributed by atoms with Crippen molar-refractivity contribution in [1.29, 1.82) is 0 Å². The molecule has 4 rings (SSSR count). The summed E-state index contributed by atoms with van der Waals surface area (Å²) < 4.78 is 79.7. The molecule has 0 radical (unpaired) electrons. The molecule has 174 valence electrons. The van der Waals surface area contributed by atoms with Crippen LogP contribution in [0.3, 0.4) is 0 Å². The van der Waals surface area contributed by atoms with E-state index >= 15 is 0 Å². The van der Waals surface area contributed by atoms with E-state index in [0.717, 1.165) is 17.8 Å². The van der Waals surface area contributed by atoms with Crippen LogP contribution in [-0.4, -0.2) is 27.2 Å². The van der Waals surface area contributed by atoms with Gasteiger partial charge in [0.15, 0.2) is 0 Å². The number of benzene rings is 2. The highest BCUT2D eigenvalue weighted by Gasteiger charge is 2.45. The molecule has 1 aliphatic heterocycles. The Bertz CT molecular complexity index is 1250. The van der Waals surface area contributed by atoms with Gasteiger partial charge in [-0.1, -0.05) is 12.1 Å². The molecule has 1 aromatic heterocycles. The number of hydrogen-bond acceptors (Lipinski definition) is 5. The van der Waals surface area contributed by atoms with Gasteiger partial charge in [0.25, 0.3) is 0 Å². The van der Waals surface area contributed by atoms with E-state index in [2.05, 4.69) is 4.98 Å². The highest BCUT2D eigenvalue weighted by Crippen LogP contribution is 2.46. The van der Waals surface area contributed by atoms with E-state index in [4.69, 9.17) is 5.11 Å². The number of carboxylic acids is 1. The Balaban J connectivity index is 1.79. The zero-order valence-corrected chi connectivity index (χ0v) is 17.8. The fourth-order valence-corrected chi connectivity index (χ4v) is 5.82. The van der Waals surface area contributed by atoms with Crippen molar-refractivity contribution in [2.75, 3.05) is 4.90 Å². The van der Waals surface area contributed by atoms with E-state index < -0.39 is 51.7 Å². The van der Waals surface area contributed by atoms with Crippen LogP contribution in [-0.2, 0) is 28.5 Å². The van der Waals surface area contributed by atoms with Crippen LogP contribution in [0.4, 0.5) is 32.0 Å². The minimum absolute atomic E-state index is 0.0149. The Hall–Kier alpha value is -2.80. The van der Waals surface area contributed by atoms with Gasteiger partial charge in [-0.15, -0.1) is 23.1 Å². The molecule has 5 nitrogen and oxygen atoms in total. The molecular formula is C20H12F6N2O3S2. The largest absolute Gasteiger partial charge is 0.481 e. The van der Waals surface area contributed by atoms with Gasteiger partial charge in [-0.2, -0.15) is 26.3 Å². The number of anilines is 1. The Morgan fingerprint density at radius 2 is 1.76 bits per heavy atom. The molecule has 2 heterocycles. The normalized spacial score (nSPS) is 16.8. The Kier molecular flexibility index (Phi) is 5.81. The van der Waals surface area contributed by atoms with Gasteiger partial charge >= 0.3 is 18.3 Å². The molecular weight excluding hydrogens is 494 g/mol. The van der Waals surface area contributed by atoms with Crippen LogP contribution >= 0.6 is 23.1 Å². The molecule has 0 saturated heterocycles. The van der Waals surface area contributed by atoms with E-state index in [-0.39, 0.29) is 17.1 Å². The van der Waals surface area contributed by atoms with Gasteiger partial charge in [0.2, 0.25) is 5.91 Å². The number of fused-ring (bicyclic) bond motifs is 2. The molecule has 13 heteroatoms. The molecule has 1 atom stereocenters. The second-order valence-electron chi connectivity index (χ2n) is 7.04. The summed E-state index contributed by atoms with van der Waals surface area (Å²) in [6, 6.07) is 7.78. The van der Waals surface area contributed by atoms with Crippen LogP contribution in [0.1, 0.15) is 22.6 Å². The SMILES string of the molecule is O=C(O)CC1Sc2ccccc2N(Cc2nc3ccc(C(F)(F)F)c(C(F)(F)F)c3s2)C1=O. The number of carbonyl (C=O) groups is 2. The van der Waals surface area contributed by atoms with Crippen LogP contribution in [0.15, 0.2) is 41.3 Å². The van der Waals surface area contributed by atoms with Crippen LogP contribution in [0.25, 0.3) is 10.2 Å². The lowest BCUT2D eigenvalue weighted by Crippen LogP contribution is -2.41. The highest BCUT2D eigenvalue weighted by atomic mass is 32.2. The monoisotopic (exact) mass is 506 g/mol. The van der Waals surface area contributed by atoms with E-state index in [9.17, 15) is 35.9 Å². The summed E-state index contributed by atoms with van der Waals surface area (Å²) in [5.74, 6) is -1.78. The Morgan fingerprint density at radius 1 is 1.06 bits per heavy atom. The zero-order valence-electron chi connectivity index (χ0n) is 16.2. The van der Waals surface area contributed by atoms with Crippen molar-refractivity contribution in [3.8, 4) is 0 Å². The highest BCUT2D eigenvalue weighted by molar-refractivity contribution is 8.01. The van der Waals surface area contributed by atoms with E-state index in [1.54, 1.807) is 24.3 Å². The van der Waals surface area contributed by atoms with Crippen LogP contribution in [0.2, 0.25) is 0 Å². The van der Waals surface area contributed by atoms with Gasteiger partial charge in [0, 0.05) is 4.90 Å². The third-order valence-electron chi connectivity index (χ3n) is 4.81.